The molecule has 0 saturated heterocycles. The Morgan fingerprint density at radius 3 is 2.62 bits per heavy atom. The topological polar surface area (TPSA) is 44.1 Å². The van der Waals surface area contributed by atoms with E-state index in [9.17, 15) is 9.18 Å². The highest BCUT2D eigenvalue weighted by Gasteiger charge is 2.16. The molecule has 0 unspecified atom stereocenters. The fraction of sp³-hybridized carbons (Fsp3) is 0.375. The lowest BCUT2D eigenvalue weighted by atomic mass is 10.1. The highest BCUT2D eigenvalue weighted by Crippen LogP contribution is 2.28. The molecule has 0 bridgehead atoms. The molecule has 0 aliphatic rings. The second-order valence-corrected chi connectivity index (χ2v) is 4.85. The Hall–Kier alpha value is -2.17. The monoisotopic (exact) mass is 290 g/mol. The van der Waals surface area contributed by atoms with Crippen molar-refractivity contribution in [1.82, 2.24) is 9.78 Å². The fourth-order valence-electron chi connectivity index (χ4n) is 2.38. The zero-order chi connectivity index (χ0) is 15.4. The second kappa shape index (κ2) is 6.52. The average Bonchev–Trinajstić information content (AvgIpc) is 2.92. The van der Waals surface area contributed by atoms with Gasteiger partial charge in [0.1, 0.15) is 5.69 Å². The van der Waals surface area contributed by atoms with Gasteiger partial charge in [-0.25, -0.2) is 4.39 Å². The molecule has 0 radical (unpaired) electrons. The summed E-state index contributed by atoms with van der Waals surface area (Å²) < 4.78 is 20.5. The zero-order valence-electron chi connectivity index (χ0n) is 12.5. The fourth-order valence-corrected chi connectivity index (χ4v) is 2.38. The smallest absolute Gasteiger partial charge is 0.165 e. The first-order valence-corrected chi connectivity index (χ1v) is 7.02. The Balaban J connectivity index is 2.47. The largest absolute Gasteiger partial charge is 0.494 e. The van der Waals surface area contributed by atoms with Crippen molar-refractivity contribution in [2.75, 3.05) is 7.11 Å². The first-order valence-electron chi connectivity index (χ1n) is 7.02. The van der Waals surface area contributed by atoms with E-state index in [4.69, 9.17) is 4.74 Å². The summed E-state index contributed by atoms with van der Waals surface area (Å²) in [4.78, 5) is 11.2. The van der Waals surface area contributed by atoms with E-state index in [1.54, 1.807) is 16.9 Å². The number of aldehydes is 1. The maximum atomic E-state index is 13.8. The summed E-state index contributed by atoms with van der Waals surface area (Å²) in [5.41, 5.74) is 1.53. The van der Waals surface area contributed by atoms with Gasteiger partial charge < -0.3 is 4.74 Å². The zero-order valence-corrected chi connectivity index (χ0v) is 12.5. The van der Waals surface area contributed by atoms with Crippen LogP contribution in [0.2, 0.25) is 0 Å². The van der Waals surface area contributed by atoms with Gasteiger partial charge in [-0.2, -0.15) is 5.10 Å². The molecule has 1 aromatic heterocycles. The van der Waals surface area contributed by atoms with Crippen molar-refractivity contribution < 1.29 is 13.9 Å². The second-order valence-electron chi connectivity index (χ2n) is 4.85. The molecule has 0 aliphatic heterocycles. The average molecular weight is 290 g/mol. The molecule has 2 rings (SSSR count). The van der Waals surface area contributed by atoms with Gasteiger partial charge in [-0.05, 0) is 31.0 Å². The van der Waals surface area contributed by atoms with Crippen LogP contribution in [0.4, 0.5) is 4.39 Å². The van der Waals surface area contributed by atoms with Crippen LogP contribution in [0.3, 0.4) is 0 Å². The van der Waals surface area contributed by atoms with Gasteiger partial charge in [-0.3, -0.25) is 9.48 Å². The summed E-state index contributed by atoms with van der Waals surface area (Å²) in [7, 11) is 1.41. The molecule has 0 atom stereocenters. The van der Waals surface area contributed by atoms with Gasteiger partial charge in [0, 0.05) is 11.8 Å². The number of methoxy groups -OCH3 is 1. The molecule has 112 valence electrons. The molecule has 0 saturated carbocycles. The molecular formula is C16H19FN2O2. The minimum Gasteiger partial charge on any atom is -0.494 e. The molecule has 0 fully saturated rings. The molecule has 5 heteroatoms. The molecule has 0 spiro atoms. The minimum atomic E-state index is -0.469. The number of ether oxygens (including phenoxy) is 1. The number of rotatable bonds is 6. The maximum Gasteiger partial charge on any atom is 0.165 e. The van der Waals surface area contributed by atoms with E-state index in [-0.39, 0.29) is 11.8 Å². The SMILES string of the molecule is CCC(CC)n1cc(C=O)c(-c2ccc(OC)c(F)c2)n1. The lowest BCUT2D eigenvalue weighted by Gasteiger charge is -2.12. The molecule has 21 heavy (non-hydrogen) atoms. The number of carbonyl (C=O) groups excluding carboxylic acids is 1. The Bertz CT molecular complexity index is 633. The Kier molecular flexibility index (Phi) is 4.73. The standard InChI is InChI=1S/C16H19FN2O2/c1-4-13(5-2)19-9-12(10-20)16(18-19)11-6-7-15(21-3)14(17)8-11/h6-10,13H,4-5H2,1-3H3. The van der Waals surface area contributed by atoms with Crippen LogP contribution in [0.15, 0.2) is 24.4 Å². The molecule has 4 nitrogen and oxygen atoms in total. The third-order valence-corrected chi connectivity index (χ3v) is 3.63. The molecule has 0 amide bonds. The number of hydrogen-bond acceptors (Lipinski definition) is 3. The summed E-state index contributed by atoms with van der Waals surface area (Å²) in [5.74, 6) is -0.297. The Morgan fingerprint density at radius 2 is 2.10 bits per heavy atom. The highest BCUT2D eigenvalue weighted by atomic mass is 19.1. The third-order valence-electron chi connectivity index (χ3n) is 3.63. The number of halogens is 1. The van der Waals surface area contributed by atoms with Crippen LogP contribution in [0.5, 0.6) is 5.75 Å². The number of aromatic nitrogens is 2. The Labute approximate surface area is 123 Å². The van der Waals surface area contributed by atoms with Crippen LogP contribution in [0.1, 0.15) is 43.1 Å². The number of nitrogens with zero attached hydrogens (tertiary/aromatic N) is 2. The van der Waals surface area contributed by atoms with E-state index < -0.39 is 5.82 Å². The molecule has 2 aromatic rings. The van der Waals surface area contributed by atoms with Crippen LogP contribution < -0.4 is 4.74 Å². The van der Waals surface area contributed by atoms with E-state index in [2.05, 4.69) is 18.9 Å². The van der Waals surface area contributed by atoms with Gasteiger partial charge in [0.05, 0.1) is 18.7 Å². The van der Waals surface area contributed by atoms with Crippen molar-refractivity contribution in [2.45, 2.75) is 32.7 Å². The lowest BCUT2D eigenvalue weighted by Crippen LogP contribution is -2.07. The van der Waals surface area contributed by atoms with E-state index in [0.29, 0.717) is 16.8 Å². The van der Waals surface area contributed by atoms with Crippen molar-refractivity contribution in [3.05, 3.63) is 35.8 Å². The van der Waals surface area contributed by atoms with E-state index >= 15 is 0 Å². The minimum absolute atomic E-state index is 0.172. The van der Waals surface area contributed by atoms with Crippen LogP contribution in [-0.4, -0.2) is 23.2 Å². The predicted octanol–water partition coefficient (Wildman–Crippen LogP) is 3.87. The van der Waals surface area contributed by atoms with E-state index in [1.807, 2.05) is 0 Å². The number of hydrogen-bond donors (Lipinski definition) is 0. The lowest BCUT2D eigenvalue weighted by molar-refractivity contribution is 0.112. The van der Waals surface area contributed by atoms with Crippen molar-refractivity contribution in [2.24, 2.45) is 0 Å². The summed E-state index contributed by atoms with van der Waals surface area (Å²) in [6.45, 7) is 4.15. The van der Waals surface area contributed by atoms with Gasteiger partial charge in [-0.15, -0.1) is 0 Å². The summed E-state index contributed by atoms with van der Waals surface area (Å²) in [5, 5.41) is 4.47. The summed E-state index contributed by atoms with van der Waals surface area (Å²) in [6.07, 6.45) is 4.32. The van der Waals surface area contributed by atoms with Crippen LogP contribution >= 0.6 is 0 Å². The van der Waals surface area contributed by atoms with E-state index in [1.165, 1.54) is 19.2 Å². The van der Waals surface area contributed by atoms with Gasteiger partial charge in [0.25, 0.3) is 0 Å². The quantitative estimate of drug-likeness (QED) is 0.758. The number of benzene rings is 1. The van der Waals surface area contributed by atoms with Crippen molar-refractivity contribution in [3.63, 3.8) is 0 Å². The molecule has 1 heterocycles. The Morgan fingerprint density at radius 1 is 1.38 bits per heavy atom. The molecule has 1 aromatic carbocycles. The first-order chi connectivity index (χ1) is 10.1. The molecule has 0 N–H and O–H groups in total. The van der Waals surface area contributed by atoms with Crippen LogP contribution in [-0.2, 0) is 0 Å². The van der Waals surface area contributed by atoms with Gasteiger partial charge in [0.2, 0.25) is 0 Å². The predicted molar refractivity (Wildman–Crippen MR) is 79.2 cm³/mol. The van der Waals surface area contributed by atoms with Crippen molar-refractivity contribution in [3.8, 4) is 17.0 Å². The normalized spacial score (nSPS) is 10.9. The van der Waals surface area contributed by atoms with Crippen LogP contribution in [0, 0.1) is 5.82 Å². The van der Waals surface area contributed by atoms with Crippen molar-refractivity contribution in [1.29, 1.82) is 0 Å². The van der Waals surface area contributed by atoms with Gasteiger partial charge in [0.15, 0.2) is 17.9 Å². The molecular weight excluding hydrogens is 271 g/mol. The summed E-state index contributed by atoms with van der Waals surface area (Å²) >= 11 is 0. The maximum absolute atomic E-state index is 13.8. The highest BCUT2D eigenvalue weighted by molar-refractivity contribution is 5.85. The van der Waals surface area contributed by atoms with Crippen molar-refractivity contribution >= 4 is 6.29 Å². The van der Waals surface area contributed by atoms with Gasteiger partial charge >= 0.3 is 0 Å². The number of carbonyl (C=O) groups is 1. The van der Waals surface area contributed by atoms with Gasteiger partial charge in [-0.1, -0.05) is 13.8 Å². The van der Waals surface area contributed by atoms with Crippen LogP contribution in [0.25, 0.3) is 11.3 Å². The first kappa shape index (κ1) is 15.2. The third kappa shape index (κ3) is 2.96. The van der Waals surface area contributed by atoms with E-state index in [0.717, 1.165) is 19.1 Å². The summed E-state index contributed by atoms with van der Waals surface area (Å²) in [6, 6.07) is 4.82. The molecule has 0 aliphatic carbocycles.